The number of nitrogens with zero attached hydrogens (tertiary/aromatic N) is 1. The van der Waals surface area contributed by atoms with Crippen molar-refractivity contribution in [2.75, 3.05) is 13.2 Å². The van der Waals surface area contributed by atoms with Gasteiger partial charge in [-0.25, -0.2) is 0 Å². The lowest BCUT2D eigenvalue weighted by Gasteiger charge is -2.38. The molecule has 1 aliphatic heterocycles. The number of nitrogens with one attached hydrogen (secondary N) is 1. The fourth-order valence-corrected chi connectivity index (χ4v) is 2.78. The molecule has 2 aliphatic rings. The Morgan fingerprint density at radius 1 is 1.35 bits per heavy atom. The van der Waals surface area contributed by atoms with Crippen LogP contribution in [0.15, 0.2) is 36.9 Å². The highest BCUT2D eigenvalue weighted by Gasteiger charge is 2.38. The maximum atomic E-state index is 12.0. The molecule has 1 aliphatic carbocycles. The van der Waals surface area contributed by atoms with Crippen LogP contribution in [0.4, 0.5) is 0 Å². The van der Waals surface area contributed by atoms with E-state index >= 15 is 0 Å². The third kappa shape index (κ3) is 2.43. The van der Waals surface area contributed by atoms with Gasteiger partial charge in [-0.2, -0.15) is 0 Å². The zero-order valence-corrected chi connectivity index (χ0v) is 11.5. The monoisotopic (exact) mass is 272 g/mol. The number of ether oxygens (including phenoxy) is 1. The van der Waals surface area contributed by atoms with E-state index in [-0.39, 0.29) is 12.1 Å². The number of amides is 1. The summed E-state index contributed by atoms with van der Waals surface area (Å²) in [6.45, 7) is 4.58. The van der Waals surface area contributed by atoms with Gasteiger partial charge >= 0.3 is 0 Å². The van der Waals surface area contributed by atoms with Gasteiger partial charge in [0.05, 0.1) is 6.54 Å². The summed E-state index contributed by atoms with van der Waals surface area (Å²) in [4.78, 5) is 14.0. The zero-order valence-electron chi connectivity index (χ0n) is 11.5. The summed E-state index contributed by atoms with van der Waals surface area (Å²) >= 11 is 0. The minimum atomic E-state index is 0.0151. The van der Waals surface area contributed by atoms with Gasteiger partial charge in [-0.15, -0.1) is 0 Å². The van der Waals surface area contributed by atoms with Crippen molar-refractivity contribution in [3.05, 3.63) is 42.5 Å². The second kappa shape index (κ2) is 5.67. The van der Waals surface area contributed by atoms with E-state index in [9.17, 15) is 4.79 Å². The van der Waals surface area contributed by atoms with Crippen molar-refractivity contribution >= 4 is 5.91 Å². The van der Waals surface area contributed by atoms with Crippen molar-refractivity contribution in [2.45, 2.75) is 31.5 Å². The van der Waals surface area contributed by atoms with Gasteiger partial charge < -0.3 is 9.64 Å². The quantitative estimate of drug-likeness (QED) is 0.836. The number of carbonyl (C=O) groups excluding carboxylic acids is 1. The van der Waals surface area contributed by atoms with Crippen LogP contribution >= 0.6 is 0 Å². The molecule has 1 atom stereocenters. The highest BCUT2D eigenvalue weighted by atomic mass is 16.5. The van der Waals surface area contributed by atoms with Gasteiger partial charge in [-0.1, -0.05) is 24.8 Å². The fraction of sp³-hybridized carbons (Fsp3) is 0.438. The summed E-state index contributed by atoms with van der Waals surface area (Å²) < 4.78 is 5.48. The maximum Gasteiger partial charge on any atom is 0.238 e. The number of hydrogen-bond acceptors (Lipinski definition) is 3. The molecule has 3 rings (SSSR count). The van der Waals surface area contributed by atoms with E-state index in [0.717, 1.165) is 24.2 Å². The summed E-state index contributed by atoms with van der Waals surface area (Å²) in [5, 5.41) is 3.30. The molecular weight excluding hydrogens is 252 g/mol. The van der Waals surface area contributed by atoms with E-state index in [0.29, 0.717) is 19.2 Å². The third-order valence-electron chi connectivity index (χ3n) is 4.04. The second-order valence-electron chi connectivity index (χ2n) is 5.34. The van der Waals surface area contributed by atoms with Gasteiger partial charge in [-0.05, 0) is 37.0 Å². The van der Waals surface area contributed by atoms with E-state index in [1.54, 1.807) is 6.08 Å². The van der Waals surface area contributed by atoms with Crippen LogP contribution in [-0.2, 0) is 4.79 Å². The normalized spacial score (nSPS) is 22.7. The van der Waals surface area contributed by atoms with E-state index in [1.807, 2.05) is 29.2 Å². The van der Waals surface area contributed by atoms with Crippen LogP contribution in [0.25, 0.3) is 0 Å². The number of benzene rings is 1. The first-order chi connectivity index (χ1) is 9.79. The standard InChI is InChI=1S/C16H20N2O2/c1-2-10-20-14-8-6-12(7-9-14)16-17-11-15(19)18(16)13-4-3-5-13/h2,6-9,13,16-17H,1,3-5,10-11H2. The Bertz CT molecular complexity index is 494. The lowest BCUT2D eigenvalue weighted by Crippen LogP contribution is -2.43. The minimum Gasteiger partial charge on any atom is -0.490 e. The van der Waals surface area contributed by atoms with Crippen LogP contribution in [0, 0.1) is 0 Å². The van der Waals surface area contributed by atoms with E-state index in [2.05, 4.69) is 11.9 Å². The van der Waals surface area contributed by atoms with Gasteiger partial charge in [0.2, 0.25) is 5.91 Å². The first-order valence-electron chi connectivity index (χ1n) is 7.18. The van der Waals surface area contributed by atoms with E-state index < -0.39 is 0 Å². The molecule has 1 saturated heterocycles. The van der Waals surface area contributed by atoms with Crippen LogP contribution in [0.5, 0.6) is 5.75 Å². The van der Waals surface area contributed by atoms with Crippen LogP contribution in [0.2, 0.25) is 0 Å². The summed E-state index contributed by atoms with van der Waals surface area (Å²) in [6, 6.07) is 8.37. The summed E-state index contributed by atoms with van der Waals surface area (Å²) in [5.41, 5.74) is 1.12. The van der Waals surface area contributed by atoms with Gasteiger partial charge in [0.25, 0.3) is 0 Å². The molecule has 0 bridgehead atoms. The van der Waals surface area contributed by atoms with Crippen molar-refractivity contribution in [3.63, 3.8) is 0 Å². The maximum absolute atomic E-state index is 12.0. The van der Waals surface area contributed by atoms with Crippen LogP contribution in [0.1, 0.15) is 31.0 Å². The highest BCUT2D eigenvalue weighted by Crippen LogP contribution is 2.34. The largest absolute Gasteiger partial charge is 0.490 e. The van der Waals surface area contributed by atoms with Crippen molar-refractivity contribution in [3.8, 4) is 5.75 Å². The molecule has 1 aromatic carbocycles. The molecule has 2 fully saturated rings. The lowest BCUT2D eigenvalue weighted by atomic mass is 9.91. The molecule has 0 aromatic heterocycles. The Balaban J connectivity index is 1.74. The average molecular weight is 272 g/mol. The number of carbonyl (C=O) groups is 1. The summed E-state index contributed by atoms with van der Waals surface area (Å²) in [6.07, 6.45) is 5.23. The van der Waals surface area contributed by atoms with Crippen LogP contribution in [0.3, 0.4) is 0 Å². The molecule has 1 amide bonds. The molecule has 0 radical (unpaired) electrons. The smallest absolute Gasteiger partial charge is 0.238 e. The Morgan fingerprint density at radius 3 is 2.70 bits per heavy atom. The molecule has 106 valence electrons. The molecule has 1 aromatic rings. The summed E-state index contributed by atoms with van der Waals surface area (Å²) in [5.74, 6) is 1.04. The van der Waals surface area contributed by atoms with Gasteiger partial charge in [0.15, 0.2) is 0 Å². The second-order valence-corrected chi connectivity index (χ2v) is 5.34. The molecule has 20 heavy (non-hydrogen) atoms. The summed E-state index contributed by atoms with van der Waals surface area (Å²) in [7, 11) is 0. The first kappa shape index (κ1) is 13.2. The average Bonchev–Trinajstić information content (AvgIpc) is 2.78. The fourth-order valence-electron chi connectivity index (χ4n) is 2.78. The predicted molar refractivity (Wildman–Crippen MR) is 77.4 cm³/mol. The third-order valence-corrected chi connectivity index (χ3v) is 4.04. The number of hydrogen-bond donors (Lipinski definition) is 1. The predicted octanol–water partition coefficient (Wildman–Crippen LogP) is 2.23. The highest BCUT2D eigenvalue weighted by molar-refractivity contribution is 5.81. The molecule has 1 saturated carbocycles. The Morgan fingerprint density at radius 2 is 2.10 bits per heavy atom. The lowest BCUT2D eigenvalue weighted by molar-refractivity contribution is -0.132. The van der Waals surface area contributed by atoms with Crippen molar-refractivity contribution in [2.24, 2.45) is 0 Å². The topological polar surface area (TPSA) is 41.6 Å². The molecule has 1 unspecified atom stereocenters. The molecule has 1 heterocycles. The molecule has 1 N–H and O–H groups in total. The van der Waals surface area contributed by atoms with Crippen LogP contribution < -0.4 is 10.1 Å². The van der Waals surface area contributed by atoms with E-state index in [1.165, 1.54) is 6.42 Å². The van der Waals surface area contributed by atoms with Crippen molar-refractivity contribution < 1.29 is 9.53 Å². The minimum absolute atomic E-state index is 0.0151. The van der Waals surface area contributed by atoms with Gasteiger partial charge in [0.1, 0.15) is 18.5 Å². The SMILES string of the molecule is C=CCOc1ccc(C2NCC(=O)N2C2CCC2)cc1. The number of rotatable bonds is 5. The van der Waals surface area contributed by atoms with Gasteiger partial charge in [0, 0.05) is 6.04 Å². The molecule has 0 spiro atoms. The van der Waals surface area contributed by atoms with E-state index in [4.69, 9.17) is 4.74 Å². The Hall–Kier alpha value is -1.81. The first-order valence-corrected chi connectivity index (χ1v) is 7.18. The van der Waals surface area contributed by atoms with Crippen molar-refractivity contribution in [1.82, 2.24) is 10.2 Å². The zero-order chi connectivity index (χ0) is 13.9. The Labute approximate surface area is 119 Å². The molecule has 4 nitrogen and oxygen atoms in total. The molecule has 4 heteroatoms. The van der Waals surface area contributed by atoms with Crippen LogP contribution in [-0.4, -0.2) is 30.0 Å². The van der Waals surface area contributed by atoms with Crippen molar-refractivity contribution in [1.29, 1.82) is 0 Å². The molecular formula is C16H20N2O2. The Kier molecular flexibility index (Phi) is 3.74. The van der Waals surface area contributed by atoms with Gasteiger partial charge in [-0.3, -0.25) is 10.1 Å².